The van der Waals surface area contributed by atoms with Gasteiger partial charge in [-0.1, -0.05) is 87.4 Å². The number of rotatable bonds is 18. The van der Waals surface area contributed by atoms with Crippen LogP contribution < -0.4 is 0 Å². The van der Waals surface area contributed by atoms with E-state index < -0.39 is 28.1 Å². The van der Waals surface area contributed by atoms with E-state index in [0.29, 0.717) is 11.3 Å². The first-order valence-corrected chi connectivity index (χ1v) is 13.4. The second kappa shape index (κ2) is 17.8. The van der Waals surface area contributed by atoms with Crippen molar-refractivity contribution in [3.8, 4) is 0 Å². The third kappa shape index (κ3) is 12.4. The van der Waals surface area contributed by atoms with Gasteiger partial charge in [0.2, 0.25) is 0 Å². The number of carboxylic acid groups (broad SMARTS) is 1. The second-order valence-corrected chi connectivity index (χ2v) is 10.0. The molecule has 0 bridgehead atoms. The lowest BCUT2D eigenvalue weighted by Gasteiger charge is -2.19. The highest BCUT2D eigenvalue weighted by Crippen LogP contribution is 2.19. The number of aliphatic hydroxyl groups excluding tert-OH is 1. The zero-order chi connectivity index (χ0) is 23.6. The molecule has 1 unspecified atom stereocenters. The Morgan fingerprint density at radius 1 is 0.906 bits per heavy atom. The van der Waals surface area contributed by atoms with Gasteiger partial charge < -0.3 is 10.2 Å². The third-order valence-electron chi connectivity index (χ3n) is 5.53. The Morgan fingerprint density at radius 3 is 2.06 bits per heavy atom. The van der Waals surface area contributed by atoms with Gasteiger partial charge in [0.25, 0.3) is 0 Å². The van der Waals surface area contributed by atoms with E-state index in [0.717, 1.165) is 50.5 Å². The van der Waals surface area contributed by atoms with E-state index in [2.05, 4.69) is 31.2 Å². The maximum Gasteiger partial charge on any atom is 0.322 e. The Bertz CT molecular complexity index is 709. The lowest BCUT2D eigenvalue weighted by atomic mass is 10.0. The Labute approximate surface area is 197 Å². The molecule has 0 aliphatic rings. The zero-order valence-corrected chi connectivity index (χ0v) is 20.7. The minimum atomic E-state index is -1.77. The molecule has 1 rings (SSSR count). The molecule has 4 nitrogen and oxygen atoms in total. The van der Waals surface area contributed by atoms with E-state index in [1.54, 1.807) is 24.3 Å². The predicted molar refractivity (Wildman–Crippen MR) is 134 cm³/mol. The van der Waals surface area contributed by atoms with Crippen LogP contribution >= 0.6 is 0 Å². The lowest BCUT2D eigenvalue weighted by molar-refractivity contribution is -0.138. The van der Waals surface area contributed by atoms with Crippen molar-refractivity contribution in [3.63, 3.8) is 0 Å². The van der Waals surface area contributed by atoms with Crippen LogP contribution in [0.5, 0.6) is 0 Å². The maximum atomic E-state index is 12.7. The predicted octanol–water partition coefficient (Wildman–Crippen LogP) is 6.73. The number of hydrogen-bond acceptors (Lipinski definition) is 3. The minimum Gasteiger partial charge on any atom is -0.480 e. The Balaban J connectivity index is 2.18. The number of aliphatic carboxylic acids is 1. The van der Waals surface area contributed by atoms with Gasteiger partial charge in [-0.05, 0) is 57.6 Å². The Kier molecular flexibility index (Phi) is 15.7. The number of unbranched alkanes of at least 4 members (excludes halogenated alkanes) is 8. The molecule has 0 aliphatic heterocycles. The zero-order valence-electron chi connectivity index (χ0n) is 19.9. The number of aryl methyl sites for hydroxylation is 1. The van der Waals surface area contributed by atoms with Gasteiger partial charge in [-0.15, -0.1) is 0 Å². The largest absolute Gasteiger partial charge is 0.480 e. The second-order valence-electron chi connectivity index (χ2n) is 8.46. The van der Waals surface area contributed by atoms with Gasteiger partial charge in [-0.3, -0.25) is 9.00 Å². The number of carbonyl (C=O) groups is 1. The first-order chi connectivity index (χ1) is 15.5. The fraction of sp³-hybridized carbons (Fsp3) is 0.593. The van der Waals surface area contributed by atoms with Crippen LogP contribution in [0.15, 0.2) is 53.5 Å². The van der Waals surface area contributed by atoms with Crippen molar-refractivity contribution in [2.24, 2.45) is 0 Å². The molecule has 0 aromatic heterocycles. The molecule has 0 heterocycles. The number of benzene rings is 1. The molecule has 0 saturated carbocycles. The molecule has 180 valence electrons. The highest BCUT2D eigenvalue weighted by atomic mass is 32.2. The van der Waals surface area contributed by atoms with Crippen molar-refractivity contribution >= 4 is 16.8 Å². The van der Waals surface area contributed by atoms with Crippen LogP contribution in [0.1, 0.15) is 89.5 Å². The summed E-state index contributed by atoms with van der Waals surface area (Å²) >= 11 is 0. The molecular weight excluding hydrogens is 420 g/mol. The molecule has 0 radical (unpaired) electrons. The molecule has 0 fully saturated rings. The van der Waals surface area contributed by atoms with Crippen LogP contribution in [0.4, 0.5) is 0 Å². The molecular formula is C27H42O4S. The maximum absolute atomic E-state index is 12.7. The minimum absolute atomic E-state index is 0.360. The molecule has 0 saturated heterocycles. The van der Waals surface area contributed by atoms with Crippen molar-refractivity contribution in [3.05, 3.63) is 54.1 Å². The van der Waals surface area contributed by atoms with Crippen molar-refractivity contribution in [2.45, 2.75) is 107 Å². The Hall–Kier alpha value is -1.72. The van der Waals surface area contributed by atoms with E-state index in [9.17, 15) is 19.2 Å². The van der Waals surface area contributed by atoms with Crippen molar-refractivity contribution < 1.29 is 19.2 Å². The molecule has 32 heavy (non-hydrogen) atoms. The van der Waals surface area contributed by atoms with E-state index in [-0.39, 0.29) is 0 Å². The van der Waals surface area contributed by atoms with Gasteiger partial charge >= 0.3 is 5.97 Å². The molecule has 1 aromatic rings. The summed E-state index contributed by atoms with van der Waals surface area (Å²) in [4.78, 5) is 12.1. The van der Waals surface area contributed by atoms with Crippen molar-refractivity contribution in [2.75, 3.05) is 0 Å². The number of allylic oxidation sites excluding steroid dienone is 4. The van der Waals surface area contributed by atoms with Gasteiger partial charge in [-0.2, -0.15) is 0 Å². The first kappa shape index (κ1) is 28.3. The third-order valence-corrected chi connectivity index (χ3v) is 7.24. The van der Waals surface area contributed by atoms with Crippen LogP contribution in [-0.2, 0) is 15.6 Å². The summed E-state index contributed by atoms with van der Waals surface area (Å²) < 4.78 is 12.7. The summed E-state index contributed by atoms with van der Waals surface area (Å²) in [7, 11) is -1.77. The quantitative estimate of drug-likeness (QED) is 0.187. The van der Waals surface area contributed by atoms with E-state index in [1.165, 1.54) is 25.7 Å². The monoisotopic (exact) mass is 462 g/mol. The van der Waals surface area contributed by atoms with E-state index in [4.69, 9.17) is 0 Å². The van der Waals surface area contributed by atoms with Gasteiger partial charge in [0.1, 0.15) is 0 Å². The average Bonchev–Trinajstić information content (AvgIpc) is 2.76. The molecule has 0 amide bonds. The summed E-state index contributed by atoms with van der Waals surface area (Å²) in [5.74, 6) is -1.21. The standard InChI is InChI=1S/C27H42O4S/c1-3-4-5-6-7-8-9-10-11-12-13-14-15-16-17-18-25(28)26(27(29)30)32(31)24-21-19-23(2)20-22-24/h7-8,10-11,19-22,25-26,28H,3-6,9,12-18H2,1-2H3,(H,29,30)/b8-7-,11-10-/t25-,26-,32?/m1/s1. The highest BCUT2D eigenvalue weighted by Gasteiger charge is 2.33. The summed E-state index contributed by atoms with van der Waals surface area (Å²) in [5, 5.41) is 18.6. The molecule has 2 N–H and O–H groups in total. The van der Waals surface area contributed by atoms with Crippen molar-refractivity contribution in [1.82, 2.24) is 0 Å². The Morgan fingerprint density at radius 2 is 1.47 bits per heavy atom. The van der Waals surface area contributed by atoms with Crippen LogP contribution in [0, 0.1) is 6.92 Å². The van der Waals surface area contributed by atoms with E-state index >= 15 is 0 Å². The lowest BCUT2D eigenvalue weighted by Crippen LogP contribution is -2.37. The van der Waals surface area contributed by atoms with Crippen LogP contribution in [0.3, 0.4) is 0 Å². The summed E-state index contributed by atoms with van der Waals surface area (Å²) in [6.45, 7) is 4.14. The topological polar surface area (TPSA) is 74.6 Å². The number of hydrogen-bond donors (Lipinski definition) is 2. The average molecular weight is 463 g/mol. The number of carboxylic acids is 1. The smallest absolute Gasteiger partial charge is 0.322 e. The molecule has 0 spiro atoms. The summed E-state index contributed by atoms with van der Waals surface area (Å²) in [6, 6.07) is 6.96. The van der Waals surface area contributed by atoms with E-state index in [1.807, 2.05) is 6.92 Å². The molecule has 1 aromatic carbocycles. The molecule has 5 heteroatoms. The normalized spacial score (nSPS) is 14.7. The van der Waals surface area contributed by atoms with Crippen LogP contribution in [0.25, 0.3) is 0 Å². The highest BCUT2D eigenvalue weighted by molar-refractivity contribution is 7.86. The fourth-order valence-corrected chi connectivity index (χ4v) is 4.84. The van der Waals surface area contributed by atoms with Crippen LogP contribution in [0.2, 0.25) is 0 Å². The molecule has 0 aliphatic carbocycles. The first-order valence-electron chi connectivity index (χ1n) is 12.2. The summed E-state index contributed by atoms with van der Waals surface area (Å²) in [5.41, 5.74) is 1.02. The van der Waals surface area contributed by atoms with Crippen LogP contribution in [-0.4, -0.2) is 31.7 Å². The molecule has 3 atom stereocenters. The van der Waals surface area contributed by atoms with Gasteiger partial charge in [0, 0.05) is 4.90 Å². The van der Waals surface area contributed by atoms with Crippen molar-refractivity contribution in [1.29, 1.82) is 0 Å². The SMILES string of the molecule is CCCCC/C=C\C/C=C\CCCCCCC[C@@H](O)[C@H](C(=O)O)S(=O)c1ccc(C)cc1. The number of aliphatic hydroxyl groups is 1. The summed E-state index contributed by atoms with van der Waals surface area (Å²) in [6.07, 6.45) is 20.4. The van der Waals surface area contributed by atoms with Gasteiger partial charge in [0.15, 0.2) is 5.25 Å². The fourth-order valence-electron chi connectivity index (χ4n) is 3.53. The van der Waals surface area contributed by atoms with Gasteiger partial charge in [0.05, 0.1) is 16.9 Å². The van der Waals surface area contributed by atoms with Gasteiger partial charge in [-0.25, -0.2) is 0 Å².